The molecule has 1 aromatic heterocycles. The summed E-state index contributed by atoms with van der Waals surface area (Å²) in [4.78, 5) is 8.48. The summed E-state index contributed by atoms with van der Waals surface area (Å²) in [7, 11) is 0. The van der Waals surface area contributed by atoms with Crippen LogP contribution in [0.2, 0.25) is 5.02 Å². The third-order valence-electron chi connectivity index (χ3n) is 3.65. The molecule has 1 aromatic rings. The van der Waals surface area contributed by atoms with Gasteiger partial charge in [0.15, 0.2) is 5.82 Å². The Bertz CT molecular complexity index is 435. The van der Waals surface area contributed by atoms with Crippen LogP contribution in [-0.4, -0.2) is 33.8 Å². The molecule has 1 saturated carbocycles. The van der Waals surface area contributed by atoms with Gasteiger partial charge in [0.2, 0.25) is 5.95 Å². The Hall–Kier alpha value is -1.07. The SMILES string of the molecule is CCCNc1ncc(Cl)c(NCC2(O)CCCCC2)n1. The van der Waals surface area contributed by atoms with Crippen molar-refractivity contribution in [1.82, 2.24) is 9.97 Å². The molecule has 0 saturated heterocycles. The number of hydrogen-bond acceptors (Lipinski definition) is 5. The molecule has 1 aliphatic rings. The van der Waals surface area contributed by atoms with Crippen molar-refractivity contribution in [3.63, 3.8) is 0 Å². The lowest BCUT2D eigenvalue weighted by Gasteiger charge is -2.32. The lowest BCUT2D eigenvalue weighted by molar-refractivity contribution is 0.0166. The summed E-state index contributed by atoms with van der Waals surface area (Å²) in [6.07, 6.45) is 7.64. The highest BCUT2D eigenvalue weighted by Crippen LogP contribution is 2.29. The average Bonchev–Trinajstić information content (AvgIpc) is 2.46. The highest BCUT2D eigenvalue weighted by atomic mass is 35.5. The van der Waals surface area contributed by atoms with E-state index in [1.165, 1.54) is 6.42 Å². The number of hydrogen-bond donors (Lipinski definition) is 3. The molecule has 1 aliphatic carbocycles. The average molecular weight is 299 g/mol. The number of aromatic nitrogens is 2. The molecule has 6 heteroatoms. The van der Waals surface area contributed by atoms with Crippen molar-refractivity contribution < 1.29 is 5.11 Å². The predicted octanol–water partition coefficient (Wildman–Crippen LogP) is 3.06. The van der Waals surface area contributed by atoms with E-state index in [1.807, 2.05) is 0 Å². The van der Waals surface area contributed by atoms with Gasteiger partial charge >= 0.3 is 0 Å². The zero-order valence-corrected chi connectivity index (χ0v) is 12.7. The van der Waals surface area contributed by atoms with Gasteiger partial charge < -0.3 is 15.7 Å². The Kier molecular flexibility index (Phi) is 5.43. The van der Waals surface area contributed by atoms with Crippen LogP contribution in [-0.2, 0) is 0 Å². The zero-order valence-electron chi connectivity index (χ0n) is 12.0. The molecule has 0 aliphatic heterocycles. The second-order valence-corrected chi connectivity index (χ2v) is 5.86. The first-order valence-corrected chi connectivity index (χ1v) is 7.73. The molecule has 3 N–H and O–H groups in total. The fourth-order valence-corrected chi connectivity index (χ4v) is 2.61. The monoisotopic (exact) mass is 298 g/mol. The minimum atomic E-state index is -0.635. The Morgan fingerprint density at radius 1 is 1.30 bits per heavy atom. The zero-order chi connectivity index (χ0) is 14.4. The maximum atomic E-state index is 10.5. The molecule has 0 spiro atoms. The van der Waals surface area contributed by atoms with Crippen LogP contribution < -0.4 is 10.6 Å². The lowest BCUT2D eigenvalue weighted by Crippen LogP contribution is -2.39. The van der Waals surface area contributed by atoms with Gasteiger partial charge in [0.25, 0.3) is 0 Å². The Morgan fingerprint density at radius 3 is 2.75 bits per heavy atom. The van der Waals surface area contributed by atoms with Crippen molar-refractivity contribution in [2.24, 2.45) is 0 Å². The van der Waals surface area contributed by atoms with Gasteiger partial charge in [-0.2, -0.15) is 4.98 Å². The first kappa shape index (κ1) is 15.3. The number of nitrogens with zero attached hydrogens (tertiary/aromatic N) is 2. The highest BCUT2D eigenvalue weighted by Gasteiger charge is 2.29. The van der Waals surface area contributed by atoms with E-state index in [-0.39, 0.29) is 0 Å². The van der Waals surface area contributed by atoms with E-state index in [0.29, 0.717) is 23.3 Å². The fourth-order valence-electron chi connectivity index (χ4n) is 2.45. The summed E-state index contributed by atoms with van der Waals surface area (Å²) in [6, 6.07) is 0. The topological polar surface area (TPSA) is 70.1 Å². The Morgan fingerprint density at radius 2 is 2.05 bits per heavy atom. The van der Waals surface area contributed by atoms with Gasteiger partial charge in [0.05, 0.1) is 11.8 Å². The molecule has 0 radical (unpaired) electrons. The van der Waals surface area contributed by atoms with Gasteiger partial charge in [0.1, 0.15) is 5.02 Å². The minimum absolute atomic E-state index is 0.478. The number of aliphatic hydroxyl groups is 1. The fraction of sp³-hybridized carbons (Fsp3) is 0.714. The van der Waals surface area contributed by atoms with Crippen molar-refractivity contribution in [2.75, 3.05) is 23.7 Å². The molecule has 0 bridgehead atoms. The van der Waals surface area contributed by atoms with E-state index in [9.17, 15) is 5.11 Å². The van der Waals surface area contributed by atoms with Crippen molar-refractivity contribution in [3.05, 3.63) is 11.2 Å². The Labute approximate surface area is 125 Å². The second kappa shape index (κ2) is 7.09. The van der Waals surface area contributed by atoms with Crippen LogP contribution in [0, 0.1) is 0 Å². The summed E-state index contributed by atoms with van der Waals surface area (Å²) < 4.78 is 0. The van der Waals surface area contributed by atoms with Crippen LogP contribution in [0.15, 0.2) is 6.20 Å². The van der Waals surface area contributed by atoms with E-state index in [0.717, 1.165) is 38.6 Å². The second-order valence-electron chi connectivity index (χ2n) is 5.46. The lowest BCUT2D eigenvalue weighted by atomic mass is 9.85. The minimum Gasteiger partial charge on any atom is -0.388 e. The van der Waals surface area contributed by atoms with Gasteiger partial charge in [-0.3, -0.25) is 0 Å². The summed E-state index contributed by atoms with van der Waals surface area (Å²) in [5, 5.41) is 17.2. The van der Waals surface area contributed by atoms with Gasteiger partial charge in [-0.15, -0.1) is 0 Å². The molecule has 0 aromatic carbocycles. The van der Waals surface area contributed by atoms with Crippen molar-refractivity contribution >= 4 is 23.4 Å². The molecule has 0 atom stereocenters. The normalized spacial score (nSPS) is 17.8. The molecule has 0 amide bonds. The van der Waals surface area contributed by atoms with Crippen molar-refractivity contribution in [1.29, 1.82) is 0 Å². The standard InChI is InChI=1S/C14H23ClN4O/c1-2-8-16-13-17-9-11(15)12(19-13)18-10-14(20)6-4-3-5-7-14/h9,20H,2-8,10H2,1H3,(H2,16,17,18,19). The van der Waals surface area contributed by atoms with Gasteiger partial charge in [0, 0.05) is 13.1 Å². The number of halogens is 1. The van der Waals surface area contributed by atoms with Gasteiger partial charge in [-0.25, -0.2) is 4.98 Å². The van der Waals surface area contributed by atoms with Crippen LogP contribution in [0.3, 0.4) is 0 Å². The van der Waals surface area contributed by atoms with Crippen LogP contribution in [0.4, 0.5) is 11.8 Å². The summed E-state index contributed by atoms with van der Waals surface area (Å²) >= 11 is 6.10. The van der Waals surface area contributed by atoms with Crippen molar-refractivity contribution in [2.45, 2.75) is 51.0 Å². The number of anilines is 2. The smallest absolute Gasteiger partial charge is 0.224 e. The van der Waals surface area contributed by atoms with Crippen molar-refractivity contribution in [3.8, 4) is 0 Å². The quantitative estimate of drug-likeness (QED) is 0.753. The van der Waals surface area contributed by atoms with Crippen LogP contribution in [0.25, 0.3) is 0 Å². The molecule has 1 heterocycles. The van der Waals surface area contributed by atoms with Crippen LogP contribution >= 0.6 is 11.6 Å². The number of nitrogens with one attached hydrogen (secondary N) is 2. The van der Waals surface area contributed by atoms with E-state index in [2.05, 4.69) is 27.5 Å². The molecular formula is C14H23ClN4O. The number of rotatable bonds is 6. The molecule has 112 valence electrons. The maximum Gasteiger partial charge on any atom is 0.224 e. The third-order valence-corrected chi connectivity index (χ3v) is 3.92. The van der Waals surface area contributed by atoms with Gasteiger partial charge in [-0.05, 0) is 19.3 Å². The van der Waals surface area contributed by atoms with E-state index >= 15 is 0 Å². The first-order chi connectivity index (χ1) is 9.63. The molecule has 5 nitrogen and oxygen atoms in total. The highest BCUT2D eigenvalue weighted by molar-refractivity contribution is 6.32. The maximum absolute atomic E-state index is 10.5. The van der Waals surface area contributed by atoms with Crippen LogP contribution in [0.5, 0.6) is 0 Å². The summed E-state index contributed by atoms with van der Waals surface area (Å²) in [5.41, 5.74) is -0.635. The molecule has 2 rings (SSSR count). The van der Waals surface area contributed by atoms with E-state index < -0.39 is 5.60 Å². The third kappa shape index (κ3) is 4.21. The van der Waals surface area contributed by atoms with E-state index in [4.69, 9.17) is 11.6 Å². The van der Waals surface area contributed by atoms with Gasteiger partial charge in [-0.1, -0.05) is 37.8 Å². The molecule has 0 unspecified atom stereocenters. The van der Waals surface area contributed by atoms with E-state index in [1.54, 1.807) is 6.20 Å². The molecule has 20 heavy (non-hydrogen) atoms. The molecular weight excluding hydrogens is 276 g/mol. The predicted molar refractivity (Wildman–Crippen MR) is 82.3 cm³/mol. The summed E-state index contributed by atoms with van der Waals surface area (Å²) in [6.45, 7) is 3.39. The summed E-state index contributed by atoms with van der Waals surface area (Å²) in [5.74, 6) is 1.15. The Balaban J connectivity index is 1.97. The molecule has 1 fully saturated rings. The first-order valence-electron chi connectivity index (χ1n) is 7.36. The largest absolute Gasteiger partial charge is 0.388 e. The van der Waals surface area contributed by atoms with Crippen LogP contribution in [0.1, 0.15) is 45.4 Å².